The Bertz CT molecular complexity index is 803. The molecule has 0 fully saturated rings. The Hall–Kier alpha value is -2.55. The highest BCUT2D eigenvalue weighted by atomic mass is 16.2. The van der Waals surface area contributed by atoms with E-state index in [1.807, 2.05) is 53.6 Å². The van der Waals surface area contributed by atoms with Crippen LogP contribution in [0.2, 0.25) is 0 Å². The van der Waals surface area contributed by atoms with Gasteiger partial charge in [0.2, 0.25) is 0 Å². The number of hydrogen-bond acceptors (Lipinski definition) is 1. The molecule has 2 heterocycles. The highest BCUT2D eigenvalue weighted by Gasteiger charge is 2.26. The fourth-order valence-electron chi connectivity index (χ4n) is 2.97. The number of nitrogens with one attached hydrogen (secondary N) is 1. The number of H-pyrrole nitrogens is 1. The van der Waals surface area contributed by atoms with E-state index in [0.717, 1.165) is 35.1 Å². The second kappa shape index (κ2) is 4.23. The molecule has 1 amide bonds. The number of amides is 1. The number of para-hydroxylation sites is 1. The maximum atomic E-state index is 12.8. The van der Waals surface area contributed by atoms with Crippen LogP contribution in [0.15, 0.2) is 54.7 Å². The number of rotatable bonds is 1. The molecule has 0 radical (unpaired) electrons. The molecule has 98 valence electrons. The van der Waals surface area contributed by atoms with Crippen LogP contribution >= 0.6 is 0 Å². The molecule has 1 aliphatic rings. The predicted octanol–water partition coefficient (Wildman–Crippen LogP) is 3.37. The molecule has 4 rings (SSSR count). The number of aromatic amines is 1. The van der Waals surface area contributed by atoms with Crippen LogP contribution in [0, 0.1) is 0 Å². The van der Waals surface area contributed by atoms with Gasteiger partial charge in [-0.15, -0.1) is 0 Å². The summed E-state index contributed by atoms with van der Waals surface area (Å²) in [7, 11) is 0. The average Bonchev–Trinajstić information content (AvgIpc) is 3.12. The summed E-state index contributed by atoms with van der Waals surface area (Å²) in [6.07, 6.45) is 2.81. The van der Waals surface area contributed by atoms with E-state index in [4.69, 9.17) is 0 Å². The van der Waals surface area contributed by atoms with Crippen molar-refractivity contribution in [2.75, 3.05) is 11.4 Å². The number of carbonyl (C=O) groups excluding carboxylic acids is 1. The van der Waals surface area contributed by atoms with Gasteiger partial charge in [0.05, 0.1) is 0 Å². The third-order valence-corrected chi connectivity index (χ3v) is 3.96. The van der Waals surface area contributed by atoms with E-state index in [-0.39, 0.29) is 5.91 Å². The van der Waals surface area contributed by atoms with Crippen molar-refractivity contribution < 1.29 is 4.79 Å². The first-order chi connectivity index (χ1) is 9.84. The van der Waals surface area contributed by atoms with Gasteiger partial charge in [0.1, 0.15) is 0 Å². The Labute approximate surface area is 116 Å². The lowest BCUT2D eigenvalue weighted by Crippen LogP contribution is -2.28. The molecule has 0 unspecified atom stereocenters. The third-order valence-electron chi connectivity index (χ3n) is 3.96. The fraction of sp³-hybridized carbons (Fsp3) is 0.118. The highest BCUT2D eigenvalue weighted by molar-refractivity contribution is 6.14. The Morgan fingerprint density at radius 3 is 2.90 bits per heavy atom. The van der Waals surface area contributed by atoms with Gasteiger partial charge in [-0.25, -0.2) is 0 Å². The minimum atomic E-state index is 0.0835. The largest absolute Gasteiger partial charge is 0.361 e. The van der Waals surface area contributed by atoms with E-state index in [1.165, 1.54) is 5.56 Å². The first-order valence-corrected chi connectivity index (χ1v) is 6.80. The van der Waals surface area contributed by atoms with Crippen LogP contribution in [-0.2, 0) is 6.42 Å². The summed E-state index contributed by atoms with van der Waals surface area (Å²) >= 11 is 0. The topological polar surface area (TPSA) is 36.1 Å². The van der Waals surface area contributed by atoms with E-state index in [1.54, 1.807) is 0 Å². The lowest BCUT2D eigenvalue weighted by Gasteiger charge is -2.17. The second-order valence-corrected chi connectivity index (χ2v) is 5.08. The molecule has 3 nitrogen and oxygen atoms in total. The normalized spacial score (nSPS) is 13.7. The zero-order chi connectivity index (χ0) is 13.5. The Kier molecular flexibility index (Phi) is 2.39. The first kappa shape index (κ1) is 11.3. The Morgan fingerprint density at radius 2 is 1.95 bits per heavy atom. The monoisotopic (exact) mass is 262 g/mol. The lowest BCUT2D eigenvalue weighted by molar-refractivity contribution is 0.0991. The smallest absolute Gasteiger partial charge is 0.258 e. The number of nitrogens with zero attached hydrogens (tertiary/aromatic N) is 1. The number of benzene rings is 2. The van der Waals surface area contributed by atoms with Crippen molar-refractivity contribution >= 4 is 22.5 Å². The number of fused-ring (bicyclic) bond motifs is 2. The van der Waals surface area contributed by atoms with Crippen molar-refractivity contribution in [1.29, 1.82) is 0 Å². The molecule has 2 aromatic carbocycles. The van der Waals surface area contributed by atoms with Crippen LogP contribution < -0.4 is 4.90 Å². The van der Waals surface area contributed by atoms with E-state index < -0.39 is 0 Å². The van der Waals surface area contributed by atoms with Crippen LogP contribution in [-0.4, -0.2) is 17.4 Å². The molecule has 1 aromatic heterocycles. The summed E-state index contributed by atoms with van der Waals surface area (Å²) in [5, 5.41) is 0.988. The zero-order valence-corrected chi connectivity index (χ0v) is 11.0. The second-order valence-electron chi connectivity index (χ2n) is 5.08. The summed E-state index contributed by atoms with van der Waals surface area (Å²) in [6, 6.07) is 15.9. The minimum absolute atomic E-state index is 0.0835. The number of aromatic nitrogens is 1. The van der Waals surface area contributed by atoms with Crippen molar-refractivity contribution in [3.63, 3.8) is 0 Å². The van der Waals surface area contributed by atoms with Gasteiger partial charge in [-0.2, -0.15) is 0 Å². The number of hydrogen-bond donors (Lipinski definition) is 1. The number of carbonyl (C=O) groups is 1. The van der Waals surface area contributed by atoms with E-state index in [2.05, 4.69) is 11.1 Å². The molecule has 0 bridgehead atoms. The van der Waals surface area contributed by atoms with E-state index in [0.29, 0.717) is 0 Å². The van der Waals surface area contributed by atoms with Gasteiger partial charge in [0, 0.05) is 34.9 Å². The van der Waals surface area contributed by atoms with Gasteiger partial charge in [-0.1, -0.05) is 24.3 Å². The average molecular weight is 262 g/mol. The molecule has 3 aromatic rings. The SMILES string of the molecule is O=C(c1cccc2[nH]ccc12)N1CCc2ccccc21. The van der Waals surface area contributed by atoms with E-state index >= 15 is 0 Å². The van der Waals surface area contributed by atoms with Crippen LogP contribution in [0.5, 0.6) is 0 Å². The highest BCUT2D eigenvalue weighted by Crippen LogP contribution is 2.30. The molecule has 1 N–H and O–H groups in total. The van der Waals surface area contributed by atoms with Gasteiger partial charge < -0.3 is 9.88 Å². The van der Waals surface area contributed by atoms with Crippen molar-refractivity contribution in [3.05, 3.63) is 65.9 Å². The molecule has 1 aliphatic heterocycles. The Morgan fingerprint density at radius 1 is 1.05 bits per heavy atom. The van der Waals surface area contributed by atoms with Crippen LogP contribution in [0.25, 0.3) is 10.9 Å². The molecular formula is C17H14N2O. The van der Waals surface area contributed by atoms with Gasteiger partial charge >= 0.3 is 0 Å². The van der Waals surface area contributed by atoms with Gasteiger partial charge in [0.15, 0.2) is 0 Å². The maximum Gasteiger partial charge on any atom is 0.258 e. The summed E-state index contributed by atoms with van der Waals surface area (Å²) in [6.45, 7) is 0.763. The molecule has 0 aliphatic carbocycles. The summed E-state index contributed by atoms with van der Waals surface area (Å²) < 4.78 is 0. The van der Waals surface area contributed by atoms with Crippen molar-refractivity contribution in [2.45, 2.75) is 6.42 Å². The molecule has 0 spiro atoms. The predicted molar refractivity (Wildman–Crippen MR) is 80.1 cm³/mol. The molecule has 0 saturated carbocycles. The maximum absolute atomic E-state index is 12.8. The number of anilines is 1. The van der Waals surface area contributed by atoms with E-state index in [9.17, 15) is 4.79 Å². The van der Waals surface area contributed by atoms with Crippen molar-refractivity contribution in [3.8, 4) is 0 Å². The van der Waals surface area contributed by atoms with Crippen LogP contribution in [0.3, 0.4) is 0 Å². The molecule has 20 heavy (non-hydrogen) atoms. The third kappa shape index (κ3) is 1.56. The fourth-order valence-corrected chi connectivity index (χ4v) is 2.97. The molecule has 3 heteroatoms. The van der Waals surface area contributed by atoms with Crippen LogP contribution in [0.4, 0.5) is 5.69 Å². The van der Waals surface area contributed by atoms with Crippen LogP contribution in [0.1, 0.15) is 15.9 Å². The molecule has 0 atom stereocenters. The minimum Gasteiger partial charge on any atom is -0.361 e. The summed E-state index contributed by atoms with van der Waals surface area (Å²) in [5.41, 5.74) is 4.07. The standard InChI is InChI=1S/C17H14N2O/c20-17(14-5-3-6-15-13(14)8-10-18-15)19-11-9-12-4-1-2-7-16(12)19/h1-8,10,18H,9,11H2. The zero-order valence-electron chi connectivity index (χ0n) is 11.0. The summed E-state index contributed by atoms with van der Waals surface area (Å²) in [4.78, 5) is 17.9. The van der Waals surface area contributed by atoms with Gasteiger partial charge in [0.25, 0.3) is 5.91 Å². The molecular weight excluding hydrogens is 248 g/mol. The quantitative estimate of drug-likeness (QED) is 0.717. The van der Waals surface area contributed by atoms with Gasteiger partial charge in [-0.3, -0.25) is 4.79 Å². The lowest BCUT2D eigenvalue weighted by atomic mass is 10.1. The first-order valence-electron chi connectivity index (χ1n) is 6.80. The van der Waals surface area contributed by atoms with Gasteiger partial charge in [-0.05, 0) is 36.2 Å². The van der Waals surface area contributed by atoms with Crippen molar-refractivity contribution in [2.24, 2.45) is 0 Å². The Balaban J connectivity index is 1.81. The summed E-state index contributed by atoms with van der Waals surface area (Å²) in [5.74, 6) is 0.0835. The van der Waals surface area contributed by atoms with Crippen molar-refractivity contribution in [1.82, 2.24) is 4.98 Å². The molecule has 0 saturated heterocycles.